The number of carbonyl (C=O) groups excluding carboxylic acids is 2. The van der Waals surface area contributed by atoms with Crippen molar-refractivity contribution in [2.45, 2.75) is 143 Å². The van der Waals surface area contributed by atoms with Crippen LogP contribution in [0.3, 0.4) is 0 Å². The van der Waals surface area contributed by atoms with Gasteiger partial charge in [0, 0.05) is 6.54 Å². The van der Waals surface area contributed by atoms with Crippen LogP contribution < -0.4 is 0 Å². The molecule has 3 rings (SSSR count). The van der Waals surface area contributed by atoms with Crippen molar-refractivity contribution in [1.29, 1.82) is 0 Å². The Labute approximate surface area is 308 Å². The molecule has 0 aliphatic heterocycles. The topological polar surface area (TPSA) is 57.5 Å². The average molecular weight is 814 g/mol. The summed E-state index contributed by atoms with van der Waals surface area (Å²) in [5, 5.41) is 0. The smallest absolute Gasteiger partial charge is 0.341 e. The number of carbonyl (C=O) groups is 2. The Morgan fingerprint density at radius 3 is 1.28 bits per heavy atom. The van der Waals surface area contributed by atoms with Gasteiger partial charge in [0.1, 0.15) is 11.1 Å². The Hall–Kier alpha value is -1.42. The minimum Gasteiger partial charge on any atom is -0.462 e. The largest absolute Gasteiger partial charge is 0.462 e. The molecule has 0 aliphatic rings. The Morgan fingerprint density at radius 1 is 0.553 bits per heavy atom. The standard InChI is InChI=1S/C38H55Br2NO4S2/c1-4-7-10-13-16-19-26-41-35(29-22-24-31(39)46-29)33(37(42)44-27-20-17-14-11-8-5-2)34(36(41)30-23-25-32(40)47-30)38(43)45-28-21-18-15-12-9-6-3/h22-25H,4-21,26-28H2,1-3H3. The minimum atomic E-state index is -0.442. The van der Waals surface area contributed by atoms with E-state index in [1.54, 1.807) is 22.7 Å². The molecule has 0 unspecified atom stereocenters. The summed E-state index contributed by atoms with van der Waals surface area (Å²) in [6.07, 6.45) is 20.2. The van der Waals surface area contributed by atoms with Crippen molar-refractivity contribution in [2.24, 2.45) is 0 Å². The van der Waals surface area contributed by atoms with E-state index in [1.165, 1.54) is 64.2 Å². The van der Waals surface area contributed by atoms with Crippen LogP contribution in [-0.4, -0.2) is 29.7 Å². The lowest BCUT2D eigenvalue weighted by Gasteiger charge is -2.13. The van der Waals surface area contributed by atoms with Crippen LogP contribution in [0.2, 0.25) is 0 Å². The van der Waals surface area contributed by atoms with Gasteiger partial charge in [-0.2, -0.15) is 0 Å². The van der Waals surface area contributed by atoms with Crippen LogP contribution in [-0.2, 0) is 16.0 Å². The van der Waals surface area contributed by atoms with Gasteiger partial charge in [-0.3, -0.25) is 0 Å². The Bertz CT molecular complexity index is 1250. The van der Waals surface area contributed by atoms with Crippen molar-refractivity contribution in [2.75, 3.05) is 13.2 Å². The van der Waals surface area contributed by atoms with Gasteiger partial charge in [0.2, 0.25) is 0 Å². The normalized spacial score (nSPS) is 11.3. The van der Waals surface area contributed by atoms with E-state index < -0.39 is 11.9 Å². The average Bonchev–Trinajstić information content (AvgIpc) is 3.78. The van der Waals surface area contributed by atoms with E-state index in [2.05, 4.69) is 57.2 Å². The van der Waals surface area contributed by atoms with Crippen LogP contribution in [0, 0.1) is 0 Å². The van der Waals surface area contributed by atoms with Crippen LogP contribution in [0.5, 0.6) is 0 Å². The quantitative estimate of drug-likeness (QED) is 0.0631. The molecular formula is C38H55Br2NO4S2. The number of esters is 2. The maximum atomic E-state index is 14.2. The van der Waals surface area contributed by atoms with Crippen LogP contribution in [0.25, 0.3) is 21.1 Å². The molecule has 0 fully saturated rings. The molecule has 3 heterocycles. The highest BCUT2D eigenvalue weighted by Crippen LogP contribution is 2.44. The summed E-state index contributed by atoms with van der Waals surface area (Å²) in [5.41, 5.74) is 2.19. The third-order valence-corrected chi connectivity index (χ3v) is 11.7. The van der Waals surface area contributed by atoms with Gasteiger partial charge in [-0.05, 0) is 75.4 Å². The lowest BCUT2D eigenvalue weighted by molar-refractivity contribution is 0.0453. The van der Waals surface area contributed by atoms with Crippen LogP contribution in [0.4, 0.5) is 0 Å². The van der Waals surface area contributed by atoms with Crippen molar-refractivity contribution in [3.8, 4) is 21.1 Å². The van der Waals surface area contributed by atoms with E-state index in [1.807, 2.05) is 24.3 Å². The van der Waals surface area contributed by atoms with Gasteiger partial charge in [-0.1, -0.05) is 117 Å². The summed E-state index contributed by atoms with van der Waals surface area (Å²) in [7, 11) is 0. The SMILES string of the molecule is CCCCCCCCOC(=O)c1c(C(=O)OCCCCCCCC)c(-c2ccc(Br)s2)n(CCCCCCCC)c1-c1ccc(Br)s1. The Balaban J connectivity index is 2.03. The van der Waals surface area contributed by atoms with Gasteiger partial charge >= 0.3 is 11.9 Å². The van der Waals surface area contributed by atoms with E-state index in [0.29, 0.717) is 30.9 Å². The minimum absolute atomic E-state index is 0.337. The second-order valence-electron chi connectivity index (χ2n) is 12.4. The fraction of sp³-hybridized carbons (Fsp3) is 0.632. The summed E-state index contributed by atoms with van der Waals surface area (Å²) < 4.78 is 16.1. The zero-order chi connectivity index (χ0) is 33.9. The monoisotopic (exact) mass is 811 g/mol. The Kier molecular flexibility index (Phi) is 19.6. The summed E-state index contributed by atoms with van der Waals surface area (Å²) in [5.74, 6) is -0.883. The molecule has 0 saturated carbocycles. The van der Waals surface area contributed by atoms with Gasteiger partial charge in [0.05, 0.1) is 41.9 Å². The molecule has 262 valence electrons. The predicted molar refractivity (Wildman–Crippen MR) is 207 cm³/mol. The molecule has 3 aromatic heterocycles. The number of unbranched alkanes of at least 4 members (excludes halogenated alkanes) is 15. The zero-order valence-corrected chi connectivity index (χ0v) is 33.6. The first-order chi connectivity index (χ1) is 22.9. The van der Waals surface area contributed by atoms with Crippen LogP contribution in [0.15, 0.2) is 31.8 Å². The predicted octanol–water partition coefficient (Wildman–Crippen LogP) is 13.9. The first kappa shape index (κ1) is 40.0. The molecule has 0 bridgehead atoms. The zero-order valence-electron chi connectivity index (χ0n) is 28.8. The molecule has 0 amide bonds. The van der Waals surface area contributed by atoms with Gasteiger partial charge in [-0.15, -0.1) is 22.7 Å². The number of halogens is 2. The van der Waals surface area contributed by atoms with Crippen molar-refractivity contribution < 1.29 is 19.1 Å². The molecule has 0 spiro atoms. The number of thiophene rings is 2. The number of aromatic nitrogens is 1. The van der Waals surface area contributed by atoms with Gasteiger partial charge in [0.15, 0.2) is 0 Å². The fourth-order valence-corrected chi connectivity index (χ4v) is 8.82. The van der Waals surface area contributed by atoms with Crippen molar-refractivity contribution in [1.82, 2.24) is 4.57 Å². The lowest BCUT2D eigenvalue weighted by atomic mass is 10.1. The summed E-state index contributed by atoms with van der Waals surface area (Å²) in [4.78, 5) is 30.2. The molecule has 0 aromatic carbocycles. The second kappa shape index (κ2) is 23.1. The Morgan fingerprint density at radius 2 is 0.915 bits per heavy atom. The number of hydrogen-bond acceptors (Lipinski definition) is 6. The molecular weight excluding hydrogens is 758 g/mol. The number of ether oxygens (including phenoxy) is 2. The third kappa shape index (κ3) is 13.1. The van der Waals surface area contributed by atoms with Gasteiger partial charge < -0.3 is 14.0 Å². The maximum absolute atomic E-state index is 14.2. The summed E-state index contributed by atoms with van der Waals surface area (Å²) in [6, 6.07) is 8.08. The molecule has 0 saturated heterocycles. The van der Waals surface area contributed by atoms with E-state index in [-0.39, 0.29) is 0 Å². The molecule has 5 nitrogen and oxygen atoms in total. The van der Waals surface area contributed by atoms with Crippen molar-refractivity contribution in [3.63, 3.8) is 0 Å². The number of hydrogen-bond donors (Lipinski definition) is 0. The van der Waals surface area contributed by atoms with Gasteiger partial charge in [-0.25, -0.2) is 9.59 Å². The van der Waals surface area contributed by atoms with Gasteiger partial charge in [0.25, 0.3) is 0 Å². The van der Waals surface area contributed by atoms with Crippen molar-refractivity contribution in [3.05, 3.63) is 43.0 Å². The highest BCUT2D eigenvalue weighted by atomic mass is 79.9. The molecule has 0 N–H and O–H groups in total. The summed E-state index contributed by atoms with van der Waals surface area (Å²) in [6.45, 7) is 8.04. The molecule has 3 aromatic rings. The highest BCUT2D eigenvalue weighted by molar-refractivity contribution is 9.11. The van der Waals surface area contributed by atoms with E-state index in [0.717, 1.165) is 80.1 Å². The molecule has 0 radical (unpaired) electrons. The first-order valence-corrected chi connectivity index (χ1v) is 21.3. The van der Waals surface area contributed by atoms with Crippen LogP contribution in [0.1, 0.15) is 157 Å². The van der Waals surface area contributed by atoms with Crippen molar-refractivity contribution >= 4 is 66.5 Å². The molecule has 0 atom stereocenters. The maximum Gasteiger partial charge on any atom is 0.341 e. The molecule has 47 heavy (non-hydrogen) atoms. The van der Waals surface area contributed by atoms with E-state index >= 15 is 0 Å². The van der Waals surface area contributed by atoms with E-state index in [9.17, 15) is 9.59 Å². The number of rotatable bonds is 25. The molecule has 9 heteroatoms. The van der Waals surface area contributed by atoms with Crippen LogP contribution >= 0.6 is 54.5 Å². The second-order valence-corrected chi connectivity index (χ2v) is 17.3. The number of nitrogens with zero attached hydrogens (tertiary/aromatic N) is 1. The molecule has 0 aliphatic carbocycles. The lowest BCUT2D eigenvalue weighted by Crippen LogP contribution is -2.15. The fourth-order valence-electron chi connectivity index (χ4n) is 5.92. The summed E-state index contributed by atoms with van der Waals surface area (Å²) >= 11 is 10.4. The van der Waals surface area contributed by atoms with E-state index in [4.69, 9.17) is 9.47 Å². The third-order valence-electron chi connectivity index (χ3n) is 8.48. The highest BCUT2D eigenvalue weighted by Gasteiger charge is 2.35. The first-order valence-electron chi connectivity index (χ1n) is 18.0.